The van der Waals surface area contributed by atoms with Crippen molar-refractivity contribution >= 4 is 23.7 Å². The maximum absolute atomic E-state index is 12.6. The first-order chi connectivity index (χ1) is 14.9. The average Bonchev–Trinajstić information content (AvgIpc) is 3.08. The SMILES string of the molecule is C[C@@](O)(CN1CCC(OCc2ccc(C(F)(F)F)cc2)CC1)CC1(Cl)N=CC([N+](=O)[O-])=N1. The third-order valence-corrected chi connectivity index (χ3v) is 5.64. The molecule has 0 aliphatic carbocycles. The van der Waals surface area contributed by atoms with Crippen LogP contribution in [-0.2, 0) is 17.5 Å². The maximum Gasteiger partial charge on any atom is 0.416 e. The van der Waals surface area contributed by atoms with Crippen molar-refractivity contribution in [3.05, 3.63) is 45.5 Å². The van der Waals surface area contributed by atoms with Gasteiger partial charge in [0.2, 0.25) is 0 Å². The molecule has 2 atom stereocenters. The Morgan fingerprint density at radius 2 is 1.94 bits per heavy atom. The van der Waals surface area contributed by atoms with Gasteiger partial charge < -0.3 is 24.9 Å². The van der Waals surface area contributed by atoms with E-state index in [1.165, 1.54) is 12.1 Å². The highest BCUT2D eigenvalue weighted by atomic mass is 35.5. The molecule has 0 spiro atoms. The van der Waals surface area contributed by atoms with Crippen molar-refractivity contribution in [2.24, 2.45) is 9.98 Å². The molecule has 0 aromatic heterocycles. The second-order valence-corrected chi connectivity index (χ2v) is 8.96. The Morgan fingerprint density at radius 1 is 1.31 bits per heavy atom. The number of amidine groups is 1. The summed E-state index contributed by atoms with van der Waals surface area (Å²) >= 11 is 6.22. The van der Waals surface area contributed by atoms with E-state index in [0.717, 1.165) is 18.3 Å². The van der Waals surface area contributed by atoms with Crippen LogP contribution < -0.4 is 0 Å². The van der Waals surface area contributed by atoms with Crippen LogP contribution in [0.2, 0.25) is 0 Å². The standard InChI is InChI=1S/C20H24ClF3N4O4/c1-18(29,12-19(21)25-10-17(26-19)28(30)31)13-27-8-6-16(7-9-27)32-11-14-2-4-15(5-3-14)20(22,23)24/h2-5,10,16,29H,6-9,11-13H2,1H3/t18-,19?/m0/s1. The molecule has 1 N–H and O–H groups in total. The van der Waals surface area contributed by atoms with E-state index in [2.05, 4.69) is 9.98 Å². The van der Waals surface area contributed by atoms with Gasteiger partial charge in [-0.25, -0.2) is 4.99 Å². The zero-order chi connectivity index (χ0) is 23.6. The summed E-state index contributed by atoms with van der Waals surface area (Å²) in [6, 6.07) is 4.91. The molecule has 1 aromatic rings. The van der Waals surface area contributed by atoms with Crippen molar-refractivity contribution in [3.8, 4) is 0 Å². The first-order valence-electron chi connectivity index (χ1n) is 10.1. The van der Waals surface area contributed by atoms with Gasteiger partial charge in [0.25, 0.3) is 0 Å². The molecule has 1 saturated heterocycles. The van der Waals surface area contributed by atoms with E-state index in [-0.39, 0.29) is 25.7 Å². The number of nitrogens with zero attached hydrogens (tertiary/aromatic N) is 4. The highest BCUT2D eigenvalue weighted by molar-refractivity contribution is 6.33. The summed E-state index contributed by atoms with van der Waals surface area (Å²) in [7, 11) is 0. The largest absolute Gasteiger partial charge is 0.416 e. The Labute approximate surface area is 187 Å². The molecule has 0 amide bonds. The lowest BCUT2D eigenvalue weighted by Crippen LogP contribution is -2.47. The number of nitro groups is 1. The van der Waals surface area contributed by atoms with Gasteiger partial charge in [-0.05, 0) is 59.0 Å². The molecule has 32 heavy (non-hydrogen) atoms. The molecule has 2 heterocycles. The predicted molar refractivity (Wildman–Crippen MR) is 112 cm³/mol. The number of rotatable bonds is 7. The van der Waals surface area contributed by atoms with Crippen molar-refractivity contribution in [1.29, 1.82) is 0 Å². The van der Waals surface area contributed by atoms with Crippen molar-refractivity contribution < 1.29 is 27.9 Å². The lowest BCUT2D eigenvalue weighted by molar-refractivity contribution is -0.345. The summed E-state index contributed by atoms with van der Waals surface area (Å²) in [5.74, 6) is -0.443. The van der Waals surface area contributed by atoms with Crippen LogP contribution >= 0.6 is 11.6 Å². The van der Waals surface area contributed by atoms with Crippen molar-refractivity contribution in [2.45, 2.75) is 55.8 Å². The third-order valence-electron chi connectivity index (χ3n) is 5.32. The van der Waals surface area contributed by atoms with E-state index < -0.39 is 33.2 Å². The second-order valence-electron chi connectivity index (χ2n) is 8.36. The van der Waals surface area contributed by atoms with Crippen LogP contribution in [0.3, 0.4) is 0 Å². The van der Waals surface area contributed by atoms with Gasteiger partial charge in [-0.2, -0.15) is 13.2 Å². The van der Waals surface area contributed by atoms with Crippen molar-refractivity contribution in [1.82, 2.24) is 4.90 Å². The van der Waals surface area contributed by atoms with Crippen LogP contribution in [0, 0.1) is 10.1 Å². The number of likely N-dealkylation sites (tertiary alicyclic amines) is 1. The fraction of sp³-hybridized carbons (Fsp3) is 0.600. The van der Waals surface area contributed by atoms with Gasteiger partial charge in [0.15, 0.2) is 0 Å². The molecular formula is C20H24ClF3N4O4. The Morgan fingerprint density at radius 3 is 2.47 bits per heavy atom. The molecule has 1 aromatic carbocycles. The smallest absolute Gasteiger partial charge is 0.389 e. The van der Waals surface area contributed by atoms with Crippen molar-refractivity contribution in [3.63, 3.8) is 0 Å². The van der Waals surface area contributed by atoms with Crippen LogP contribution in [0.4, 0.5) is 13.2 Å². The molecule has 1 fully saturated rings. The Balaban J connectivity index is 1.43. The topological polar surface area (TPSA) is 101 Å². The number of benzene rings is 1. The summed E-state index contributed by atoms with van der Waals surface area (Å²) in [6.07, 6.45) is -2.09. The first-order valence-corrected chi connectivity index (χ1v) is 10.4. The summed E-state index contributed by atoms with van der Waals surface area (Å²) in [5, 5.41) is 20.0. The quantitative estimate of drug-likeness (QED) is 0.281. The van der Waals surface area contributed by atoms with Crippen LogP contribution in [0.25, 0.3) is 0 Å². The molecule has 0 radical (unpaired) electrons. The number of aliphatic hydroxyl groups is 1. The van der Waals surface area contributed by atoms with Crippen LogP contribution in [0.1, 0.15) is 37.3 Å². The minimum absolute atomic E-state index is 0.0375. The highest BCUT2D eigenvalue weighted by Gasteiger charge is 2.45. The molecule has 8 nitrogen and oxygen atoms in total. The van der Waals surface area contributed by atoms with Crippen LogP contribution in [0.5, 0.6) is 0 Å². The molecule has 2 aliphatic rings. The number of halogens is 4. The van der Waals surface area contributed by atoms with Gasteiger partial charge in [0.1, 0.15) is 6.21 Å². The molecular weight excluding hydrogens is 453 g/mol. The number of ether oxygens (including phenoxy) is 1. The molecule has 176 valence electrons. The highest BCUT2D eigenvalue weighted by Crippen LogP contribution is 2.33. The zero-order valence-electron chi connectivity index (χ0n) is 17.4. The second kappa shape index (κ2) is 9.42. The molecule has 0 bridgehead atoms. The minimum atomic E-state index is -4.36. The Hall–Kier alpha value is -2.08. The van der Waals surface area contributed by atoms with Gasteiger partial charge >= 0.3 is 17.1 Å². The van der Waals surface area contributed by atoms with Crippen LogP contribution in [0.15, 0.2) is 34.3 Å². The lowest BCUT2D eigenvalue weighted by Gasteiger charge is -2.37. The van der Waals surface area contributed by atoms with Gasteiger partial charge in [-0.1, -0.05) is 12.1 Å². The van der Waals surface area contributed by atoms with Crippen LogP contribution in [-0.4, -0.2) is 63.4 Å². The van der Waals surface area contributed by atoms with E-state index in [1.807, 2.05) is 4.90 Å². The minimum Gasteiger partial charge on any atom is -0.389 e. The van der Waals surface area contributed by atoms with E-state index in [9.17, 15) is 28.4 Å². The Bertz CT molecular complexity index is 884. The summed E-state index contributed by atoms with van der Waals surface area (Å²) in [5.41, 5.74) is -1.30. The number of alkyl halides is 4. The number of aliphatic imine (C=N–C) groups is 2. The maximum atomic E-state index is 12.6. The van der Waals surface area contributed by atoms with E-state index in [1.54, 1.807) is 6.92 Å². The molecule has 1 unspecified atom stereocenters. The number of β-amino-alcohol motifs (C(OH)–C–C–N with tert-alkyl or cyclic N) is 1. The zero-order valence-corrected chi connectivity index (χ0v) is 18.1. The fourth-order valence-corrected chi connectivity index (χ4v) is 4.25. The lowest BCUT2D eigenvalue weighted by atomic mass is 9.97. The first kappa shape index (κ1) is 24.6. The molecule has 0 saturated carbocycles. The average molecular weight is 477 g/mol. The van der Waals surface area contributed by atoms with Gasteiger partial charge in [-0.3, -0.25) is 0 Å². The van der Waals surface area contributed by atoms with Gasteiger partial charge in [0, 0.05) is 19.6 Å². The fourth-order valence-electron chi connectivity index (χ4n) is 3.82. The van der Waals surface area contributed by atoms with E-state index in [0.29, 0.717) is 31.5 Å². The number of piperidine rings is 1. The summed E-state index contributed by atoms with van der Waals surface area (Å²) in [6.45, 7) is 3.39. The molecule has 3 rings (SSSR count). The summed E-state index contributed by atoms with van der Waals surface area (Å²) in [4.78, 5) is 19.8. The Kier molecular flexibility index (Phi) is 7.23. The van der Waals surface area contributed by atoms with E-state index in [4.69, 9.17) is 16.3 Å². The van der Waals surface area contributed by atoms with Crippen molar-refractivity contribution in [2.75, 3.05) is 19.6 Å². The molecule has 12 heteroatoms. The third kappa shape index (κ3) is 6.71. The number of hydrogen-bond donors (Lipinski definition) is 1. The monoisotopic (exact) mass is 476 g/mol. The van der Waals surface area contributed by atoms with Gasteiger partial charge in [0.05, 0.1) is 30.3 Å². The number of hydrogen-bond acceptors (Lipinski definition) is 7. The predicted octanol–water partition coefficient (Wildman–Crippen LogP) is 3.48. The van der Waals surface area contributed by atoms with Gasteiger partial charge in [-0.15, -0.1) is 0 Å². The molecule has 2 aliphatic heterocycles. The normalized spacial score (nSPS) is 24.4. The summed E-state index contributed by atoms with van der Waals surface area (Å²) < 4.78 is 43.7. The van der Waals surface area contributed by atoms with E-state index >= 15 is 0 Å².